The first kappa shape index (κ1) is 13.3. The van der Waals surface area contributed by atoms with Crippen molar-refractivity contribution in [2.45, 2.75) is 52.1 Å². The quantitative estimate of drug-likeness (QED) is 0.800. The monoisotopic (exact) mass is 249 g/mol. The molecule has 1 aromatic heterocycles. The largest absolute Gasteiger partial charge is 0.297 e. The van der Waals surface area contributed by atoms with Gasteiger partial charge in [0, 0.05) is 19.2 Å². The van der Waals surface area contributed by atoms with Gasteiger partial charge in [0.1, 0.15) is 0 Å². The minimum absolute atomic E-state index is 0.292. The molecule has 0 bridgehead atoms. The van der Waals surface area contributed by atoms with Gasteiger partial charge in [0.05, 0.1) is 11.7 Å². The van der Waals surface area contributed by atoms with E-state index in [1.165, 1.54) is 12.8 Å². The zero-order chi connectivity index (χ0) is 13.2. The molecule has 0 atom stereocenters. The first-order chi connectivity index (χ1) is 8.54. The summed E-state index contributed by atoms with van der Waals surface area (Å²) in [6.07, 6.45) is 6.69. The van der Waals surface area contributed by atoms with E-state index < -0.39 is 0 Å². The zero-order valence-electron chi connectivity index (χ0n) is 11.6. The average molecular weight is 249 g/mol. The lowest BCUT2D eigenvalue weighted by Gasteiger charge is -2.33. The Morgan fingerprint density at radius 1 is 1.39 bits per heavy atom. The molecule has 4 nitrogen and oxygen atoms in total. The molecule has 1 fully saturated rings. The molecule has 1 saturated heterocycles. The Bertz CT molecular complexity index is 416. The van der Waals surface area contributed by atoms with Crippen LogP contribution in [-0.4, -0.2) is 39.1 Å². The Kier molecular flexibility index (Phi) is 3.85. The number of likely N-dealkylation sites (tertiary alicyclic amines) is 1. The molecular weight excluding hydrogens is 226 g/mol. The molecule has 4 heteroatoms. The van der Waals surface area contributed by atoms with Gasteiger partial charge in [-0.3, -0.25) is 14.4 Å². The maximum absolute atomic E-state index is 12.4. The number of aryl methyl sites for hydroxylation is 1. The van der Waals surface area contributed by atoms with Crippen molar-refractivity contribution in [1.29, 1.82) is 0 Å². The fraction of sp³-hybridized carbons (Fsp3) is 0.714. The number of carbonyl (C=O) groups is 1. The molecule has 1 aromatic rings. The Balaban J connectivity index is 2.01. The third-order valence-electron chi connectivity index (χ3n) is 3.95. The Morgan fingerprint density at radius 3 is 2.61 bits per heavy atom. The second-order valence-electron chi connectivity index (χ2n) is 5.56. The highest BCUT2D eigenvalue weighted by Gasteiger charge is 2.35. The highest BCUT2D eigenvalue weighted by molar-refractivity contribution is 5.89. The molecule has 0 amide bonds. The van der Waals surface area contributed by atoms with Crippen molar-refractivity contribution >= 4 is 5.78 Å². The standard InChI is InChI=1S/C14H23N3O/c1-4-17-11-12(10-15-17)9-13(18)14(2,3)16-7-5-6-8-16/h10-11H,4-9H2,1-3H3. The van der Waals surface area contributed by atoms with Crippen LogP contribution in [0.25, 0.3) is 0 Å². The van der Waals surface area contributed by atoms with Crippen molar-refractivity contribution in [1.82, 2.24) is 14.7 Å². The van der Waals surface area contributed by atoms with Gasteiger partial charge in [0.2, 0.25) is 0 Å². The Morgan fingerprint density at radius 2 is 2.06 bits per heavy atom. The highest BCUT2D eigenvalue weighted by atomic mass is 16.1. The molecule has 0 radical (unpaired) electrons. The van der Waals surface area contributed by atoms with Crippen LogP contribution in [0.15, 0.2) is 12.4 Å². The molecule has 0 unspecified atom stereocenters. The predicted molar refractivity (Wildman–Crippen MR) is 71.5 cm³/mol. The van der Waals surface area contributed by atoms with Crippen LogP contribution >= 0.6 is 0 Å². The lowest BCUT2D eigenvalue weighted by atomic mass is 9.93. The number of carbonyl (C=O) groups excluding carboxylic acids is 1. The van der Waals surface area contributed by atoms with E-state index in [0.717, 1.165) is 25.2 Å². The molecule has 2 heterocycles. The molecule has 0 N–H and O–H groups in total. The molecule has 1 aliphatic rings. The second kappa shape index (κ2) is 5.22. The van der Waals surface area contributed by atoms with Crippen molar-refractivity contribution in [2.24, 2.45) is 0 Å². The van der Waals surface area contributed by atoms with Gasteiger partial charge in [-0.15, -0.1) is 0 Å². The average Bonchev–Trinajstić information content (AvgIpc) is 2.99. The predicted octanol–water partition coefficient (Wildman–Crippen LogP) is 1.89. The van der Waals surface area contributed by atoms with Gasteiger partial charge in [-0.1, -0.05) is 0 Å². The van der Waals surface area contributed by atoms with Crippen molar-refractivity contribution in [3.63, 3.8) is 0 Å². The summed E-state index contributed by atoms with van der Waals surface area (Å²) >= 11 is 0. The fourth-order valence-corrected chi connectivity index (χ4v) is 2.52. The minimum atomic E-state index is -0.342. The van der Waals surface area contributed by atoms with E-state index in [4.69, 9.17) is 0 Å². The number of ketones is 1. The van der Waals surface area contributed by atoms with Crippen LogP contribution in [0.3, 0.4) is 0 Å². The van der Waals surface area contributed by atoms with E-state index in [-0.39, 0.29) is 5.54 Å². The molecule has 1 aliphatic heterocycles. The molecule has 0 saturated carbocycles. The SMILES string of the molecule is CCn1cc(CC(=O)C(C)(C)N2CCCC2)cn1. The fourth-order valence-electron chi connectivity index (χ4n) is 2.52. The third kappa shape index (κ3) is 2.64. The van der Waals surface area contributed by atoms with E-state index in [9.17, 15) is 4.79 Å². The maximum Gasteiger partial charge on any atom is 0.156 e. The molecule has 0 spiro atoms. The smallest absolute Gasteiger partial charge is 0.156 e. The van der Waals surface area contributed by atoms with Crippen LogP contribution < -0.4 is 0 Å². The van der Waals surface area contributed by atoms with E-state index >= 15 is 0 Å². The van der Waals surface area contributed by atoms with E-state index in [2.05, 4.69) is 10.00 Å². The van der Waals surface area contributed by atoms with Gasteiger partial charge in [-0.05, 0) is 52.3 Å². The number of Topliss-reactive ketones (excluding diaryl/α,β-unsaturated/α-hetero) is 1. The van der Waals surface area contributed by atoms with Gasteiger partial charge in [-0.2, -0.15) is 5.10 Å². The van der Waals surface area contributed by atoms with Gasteiger partial charge in [0.15, 0.2) is 5.78 Å². The van der Waals surface area contributed by atoms with Gasteiger partial charge < -0.3 is 0 Å². The summed E-state index contributed by atoms with van der Waals surface area (Å²) in [7, 11) is 0. The van der Waals surface area contributed by atoms with Crippen molar-refractivity contribution < 1.29 is 4.79 Å². The summed E-state index contributed by atoms with van der Waals surface area (Å²) in [4.78, 5) is 14.7. The number of aromatic nitrogens is 2. The van der Waals surface area contributed by atoms with Crippen molar-refractivity contribution in [2.75, 3.05) is 13.1 Å². The summed E-state index contributed by atoms with van der Waals surface area (Å²) in [6, 6.07) is 0. The summed E-state index contributed by atoms with van der Waals surface area (Å²) in [5.41, 5.74) is 0.680. The number of hydrogen-bond acceptors (Lipinski definition) is 3. The second-order valence-corrected chi connectivity index (χ2v) is 5.56. The van der Waals surface area contributed by atoms with Gasteiger partial charge in [-0.25, -0.2) is 0 Å². The lowest BCUT2D eigenvalue weighted by molar-refractivity contribution is -0.128. The lowest BCUT2D eigenvalue weighted by Crippen LogP contribution is -2.49. The molecule has 100 valence electrons. The molecule has 18 heavy (non-hydrogen) atoms. The summed E-state index contributed by atoms with van der Waals surface area (Å²) in [6.45, 7) is 9.09. The van der Waals surface area contributed by atoms with Crippen LogP contribution in [0, 0.1) is 0 Å². The third-order valence-corrected chi connectivity index (χ3v) is 3.95. The van der Waals surface area contributed by atoms with Crippen molar-refractivity contribution in [3.8, 4) is 0 Å². The van der Waals surface area contributed by atoms with Crippen LogP contribution in [0.5, 0.6) is 0 Å². The topological polar surface area (TPSA) is 38.1 Å². The van der Waals surface area contributed by atoms with Crippen LogP contribution in [0.2, 0.25) is 0 Å². The summed E-state index contributed by atoms with van der Waals surface area (Å²) in [5.74, 6) is 0.292. The first-order valence-corrected chi connectivity index (χ1v) is 6.83. The summed E-state index contributed by atoms with van der Waals surface area (Å²) < 4.78 is 1.87. The molecule has 0 aliphatic carbocycles. The van der Waals surface area contributed by atoms with Crippen molar-refractivity contribution in [3.05, 3.63) is 18.0 Å². The maximum atomic E-state index is 12.4. The summed E-state index contributed by atoms with van der Waals surface area (Å²) in [5, 5.41) is 4.22. The van der Waals surface area contributed by atoms with E-state index in [1.54, 1.807) is 0 Å². The number of rotatable bonds is 5. The van der Waals surface area contributed by atoms with E-state index in [1.807, 2.05) is 37.8 Å². The Labute approximate surface area is 109 Å². The van der Waals surface area contributed by atoms with Crippen LogP contribution in [0.4, 0.5) is 0 Å². The minimum Gasteiger partial charge on any atom is -0.297 e. The zero-order valence-corrected chi connectivity index (χ0v) is 11.6. The first-order valence-electron chi connectivity index (χ1n) is 6.83. The van der Waals surface area contributed by atoms with E-state index in [0.29, 0.717) is 12.2 Å². The molecule has 0 aromatic carbocycles. The number of hydrogen-bond donors (Lipinski definition) is 0. The van der Waals surface area contributed by atoms with Gasteiger partial charge in [0.25, 0.3) is 0 Å². The Hall–Kier alpha value is -1.16. The van der Waals surface area contributed by atoms with Gasteiger partial charge >= 0.3 is 0 Å². The van der Waals surface area contributed by atoms with Crippen LogP contribution in [-0.2, 0) is 17.8 Å². The normalized spacial score (nSPS) is 17.3. The molecule has 2 rings (SSSR count). The van der Waals surface area contributed by atoms with Crippen LogP contribution in [0.1, 0.15) is 39.2 Å². The number of nitrogens with zero attached hydrogens (tertiary/aromatic N) is 3. The highest BCUT2D eigenvalue weighted by Crippen LogP contribution is 2.23. The molecular formula is C14H23N3O.